The van der Waals surface area contributed by atoms with Gasteiger partial charge in [-0.15, -0.1) is 0 Å². The highest BCUT2D eigenvalue weighted by molar-refractivity contribution is 5.68. The molecule has 4 heteroatoms. The number of aliphatic carboxylic acids is 1. The molecular formula is C14H18FNO2. The zero-order valence-corrected chi connectivity index (χ0v) is 10.3. The van der Waals surface area contributed by atoms with E-state index in [1.807, 2.05) is 0 Å². The standard InChI is InChI=1S/C14H18FNO2/c15-12-6-4-11(5-7-12)13(10-14(17)18)16-8-2-1-3-9-16/h4-7,13H,1-3,8-10H2,(H,17,18). The van der Waals surface area contributed by atoms with E-state index < -0.39 is 5.97 Å². The lowest BCUT2D eigenvalue weighted by Crippen LogP contribution is -2.34. The fourth-order valence-corrected chi connectivity index (χ4v) is 2.54. The van der Waals surface area contributed by atoms with Crippen molar-refractivity contribution in [1.82, 2.24) is 4.90 Å². The molecule has 1 aromatic rings. The molecule has 0 radical (unpaired) electrons. The van der Waals surface area contributed by atoms with Crippen LogP contribution >= 0.6 is 0 Å². The second kappa shape index (κ2) is 5.96. The maximum absolute atomic E-state index is 12.9. The van der Waals surface area contributed by atoms with Gasteiger partial charge in [-0.05, 0) is 43.6 Å². The average molecular weight is 251 g/mol. The maximum Gasteiger partial charge on any atom is 0.305 e. The Morgan fingerprint density at radius 1 is 1.22 bits per heavy atom. The quantitative estimate of drug-likeness (QED) is 0.894. The zero-order valence-electron chi connectivity index (χ0n) is 10.3. The van der Waals surface area contributed by atoms with Gasteiger partial charge in [0.2, 0.25) is 0 Å². The van der Waals surface area contributed by atoms with Crippen LogP contribution < -0.4 is 0 Å². The van der Waals surface area contributed by atoms with Gasteiger partial charge in [-0.25, -0.2) is 4.39 Å². The molecule has 18 heavy (non-hydrogen) atoms. The zero-order chi connectivity index (χ0) is 13.0. The van der Waals surface area contributed by atoms with Gasteiger partial charge in [0, 0.05) is 6.04 Å². The molecule has 0 aliphatic carbocycles. The fourth-order valence-electron chi connectivity index (χ4n) is 2.54. The van der Waals surface area contributed by atoms with Crippen molar-refractivity contribution in [3.8, 4) is 0 Å². The Bertz CT molecular complexity index is 399. The Balaban J connectivity index is 2.17. The van der Waals surface area contributed by atoms with Crippen LogP contribution in [0.15, 0.2) is 24.3 Å². The third-order valence-electron chi connectivity index (χ3n) is 3.45. The number of likely N-dealkylation sites (tertiary alicyclic amines) is 1. The largest absolute Gasteiger partial charge is 0.481 e. The van der Waals surface area contributed by atoms with Crippen LogP contribution in [0.25, 0.3) is 0 Å². The van der Waals surface area contributed by atoms with Crippen LogP contribution in [0.4, 0.5) is 4.39 Å². The van der Waals surface area contributed by atoms with Crippen LogP contribution in [-0.2, 0) is 4.79 Å². The van der Waals surface area contributed by atoms with E-state index in [0.717, 1.165) is 31.5 Å². The molecule has 3 nitrogen and oxygen atoms in total. The summed E-state index contributed by atoms with van der Waals surface area (Å²) in [5.74, 6) is -1.10. The maximum atomic E-state index is 12.9. The first-order valence-corrected chi connectivity index (χ1v) is 6.38. The number of carbonyl (C=O) groups is 1. The summed E-state index contributed by atoms with van der Waals surface area (Å²) < 4.78 is 12.9. The summed E-state index contributed by atoms with van der Waals surface area (Å²) in [6.45, 7) is 1.85. The molecule has 0 saturated carbocycles. The van der Waals surface area contributed by atoms with Crippen molar-refractivity contribution in [2.24, 2.45) is 0 Å². The predicted octanol–water partition coefficient (Wildman–Crippen LogP) is 2.83. The van der Waals surface area contributed by atoms with Gasteiger partial charge >= 0.3 is 5.97 Å². The van der Waals surface area contributed by atoms with E-state index in [9.17, 15) is 9.18 Å². The normalized spacial score (nSPS) is 18.5. The first kappa shape index (κ1) is 13.0. The average Bonchev–Trinajstić information content (AvgIpc) is 2.38. The van der Waals surface area contributed by atoms with Crippen molar-refractivity contribution < 1.29 is 14.3 Å². The number of rotatable bonds is 4. The van der Waals surface area contributed by atoms with Crippen molar-refractivity contribution >= 4 is 5.97 Å². The van der Waals surface area contributed by atoms with Crippen molar-refractivity contribution in [3.63, 3.8) is 0 Å². The van der Waals surface area contributed by atoms with E-state index in [1.54, 1.807) is 12.1 Å². The molecule has 1 atom stereocenters. The van der Waals surface area contributed by atoms with E-state index in [1.165, 1.54) is 18.6 Å². The topological polar surface area (TPSA) is 40.5 Å². The Hall–Kier alpha value is -1.42. The van der Waals surface area contributed by atoms with Gasteiger partial charge in [0.25, 0.3) is 0 Å². The lowest BCUT2D eigenvalue weighted by molar-refractivity contribution is -0.138. The molecule has 1 aromatic carbocycles. The minimum atomic E-state index is -0.810. The van der Waals surface area contributed by atoms with Crippen LogP contribution in [0.5, 0.6) is 0 Å². The monoisotopic (exact) mass is 251 g/mol. The van der Waals surface area contributed by atoms with Gasteiger partial charge in [-0.2, -0.15) is 0 Å². The predicted molar refractivity (Wildman–Crippen MR) is 66.8 cm³/mol. The fraction of sp³-hybridized carbons (Fsp3) is 0.500. The Kier molecular flexibility index (Phi) is 4.31. The minimum absolute atomic E-state index is 0.0750. The van der Waals surface area contributed by atoms with Crippen molar-refractivity contribution in [2.45, 2.75) is 31.7 Å². The van der Waals surface area contributed by atoms with E-state index in [2.05, 4.69) is 4.90 Å². The molecule has 0 amide bonds. The van der Waals surface area contributed by atoms with Gasteiger partial charge in [0.05, 0.1) is 6.42 Å². The second-order valence-corrected chi connectivity index (χ2v) is 4.76. The number of piperidine rings is 1. The summed E-state index contributed by atoms with van der Waals surface area (Å²) in [7, 11) is 0. The van der Waals surface area contributed by atoms with Crippen LogP contribution in [0.1, 0.15) is 37.3 Å². The number of carboxylic acids is 1. The molecule has 0 aromatic heterocycles. The van der Waals surface area contributed by atoms with E-state index in [0.29, 0.717) is 0 Å². The molecule has 1 saturated heterocycles. The van der Waals surface area contributed by atoms with Crippen LogP contribution in [0.3, 0.4) is 0 Å². The summed E-state index contributed by atoms with van der Waals surface area (Å²) in [4.78, 5) is 13.2. The molecule has 2 rings (SSSR count). The van der Waals surface area contributed by atoms with Crippen molar-refractivity contribution in [2.75, 3.05) is 13.1 Å². The first-order chi connectivity index (χ1) is 8.66. The molecule has 1 unspecified atom stereocenters. The third-order valence-corrected chi connectivity index (χ3v) is 3.45. The van der Waals surface area contributed by atoms with Crippen LogP contribution in [-0.4, -0.2) is 29.1 Å². The van der Waals surface area contributed by atoms with Crippen molar-refractivity contribution in [3.05, 3.63) is 35.6 Å². The number of benzene rings is 1. The first-order valence-electron chi connectivity index (χ1n) is 6.38. The van der Waals surface area contributed by atoms with Crippen LogP contribution in [0.2, 0.25) is 0 Å². The summed E-state index contributed by atoms with van der Waals surface area (Å²) in [5.41, 5.74) is 0.890. The number of hydrogen-bond acceptors (Lipinski definition) is 2. The molecule has 0 bridgehead atoms. The number of halogens is 1. The summed E-state index contributed by atoms with van der Waals surface area (Å²) in [5, 5.41) is 9.03. The second-order valence-electron chi connectivity index (χ2n) is 4.76. The van der Waals surface area contributed by atoms with E-state index in [4.69, 9.17) is 5.11 Å². The smallest absolute Gasteiger partial charge is 0.305 e. The van der Waals surface area contributed by atoms with Gasteiger partial charge in [0.1, 0.15) is 5.82 Å². The molecule has 98 valence electrons. The Labute approximate surface area is 106 Å². The molecule has 1 N–H and O–H groups in total. The molecular weight excluding hydrogens is 233 g/mol. The highest BCUT2D eigenvalue weighted by Crippen LogP contribution is 2.27. The van der Waals surface area contributed by atoms with Gasteiger partial charge in [-0.3, -0.25) is 9.69 Å². The van der Waals surface area contributed by atoms with Gasteiger partial charge < -0.3 is 5.11 Å². The lowest BCUT2D eigenvalue weighted by Gasteiger charge is -2.34. The lowest BCUT2D eigenvalue weighted by atomic mass is 9.99. The Morgan fingerprint density at radius 3 is 2.39 bits per heavy atom. The molecule has 1 aliphatic rings. The molecule has 0 spiro atoms. The van der Waals surface area contributed by atoms with E-state index >= 15 is 0 Å². The third kappa shape index (κ3) is 3.29. The van der Waals surface area contributed by atoms with Crippen molar-refractivity contribution in [1.29, 1.82) is 0 Å². The molecule has 1 aliphatic heterocycles. The van der Waals surface area contributed by atoms with Gasteiger partial charge in [0.15, 0.2) is 0 Å². The molecule has 1 fully saturated rings. The van der Waals surface area contributed by atoms with Gasteiger partial charge in [-0.1, -0.05) is 18.6 Å². The van der Waals surface area contributed by atoms with Crippen LogP contribution in [0, 0.1) is 5.82 Å². The number of carboxylic acid groups (broad SMARTS) is 1. The highest BCUT2D eigenvalue weighted by Gasteiger charge is 2.24. The minimum Gasteiger partial charge on any atom is -0.481 e. The number of nitrogens with zero attached hydrogens (tertiary/aromatic N) is 1. The number of hydrogen-bond donors (Lipinski definition) is 1. The Morgan fingerprint density at radius 2 is 1.83 bits per heavy atom. The molecule has 1 heterocycles. The SMILES string of the molecule is O=C(O)CC(c1ccc(F)cc1)N1CCCCC1. The summed E-state index contributed by atoms with van der Waals surface area (Å²) in [6, 6.07) is 6.04. The summed E-state index contributed by atoms with van der Waals surface area (Å²) >= 11 is 0. The summed E-state index contributed by atoms with van der Waals surface area (Å²) in [6.07, 6.45) is 3.50. The van der Waals surface area contributed by atoms with E-state index in [-0.39, 0.29) is 18.3 Å². The highest BCUT2D eigenvalue weighted by atomic mass is 19.1.